The second-order valence-corrected chi connectivity index (χ2v) is 4.85. The molecule has 0 aliphatic heterocycles. The zero-order valence-corrected chi connectivity index (χ0v) is 13.5. The van der Waals surface area contributed by atoms with Gasteiger partial charge >= 0.3 is 0 Å². The van der Waals surface area contributed by atoms with E-state index in [4.69, 9.17) is 14.2 Å². The van der Waals surface area contributed by atoms with E-state index in [-0.39, 0.29) is 0 Å². The molecule has 0 fully saturated rings. The van der Waals surface area contributed by atoms with Crippen LogP contribution in [0.3, 0.4) is 0 Å². The van der Waals surface area contributed by atoms with Gasteiger partial charge in [0.1, 0.15) is 0 Å². The molecule has 0 unspecified atom stereocenters. The van der Waals surface area contributed by atoms with Crippen LogP contribution < -0.4 is 0 Å². The summed E-state index contributed by atoms with van der Waals surface area (Å²) in [5.74, 6) is -0.804. The van der Waals surface area contributed by atoms with Crippen LogP contribution in [0.5, 0.6) is 0 Å². The summed E-state index contributed by atoms with van der Waals surface area (Å²) in [6, 6.07) is 0. The minimum Gasteiger partial charge on any atom is -0.328 e. The lowest BCUT2D eigenvalue weighted by atomic mass is 10.1. The van der Waals surface area contributed by atoms with Gasteiger partial charge in [0, 0.05) is 26.2 Å². The van der Waals surface area contributed by atoms with Gasteiger partial charge in [-0.25, -0.2) is 0 Å². The molecule has 0 radical (unpaired) electrons. The monoisotopic (exact) mass is 274 g/mol. The van der Waals surface area contributed by atoms with Gasteiger partial charge in [0.15, 0.2) is 0 Å². The highest BCUT2D eigenvalue weighted by Gasteiger charge is 2.31. The Labute approximate surface area is 120 Å². The van der Waals surface area contributed by atoms with Crippen molar-refractivity contribution < 1.29 is 14.2 Å². The lowest BCUT2D eigenvalue weighted by Crippen LogP contribution is -2.39. The van der Waals surface area contributed by atoms with Crippen LogP contribution in [0.2, 0.25) is 0 Å². The Hall–Kier alpha value is -0.120. The summed E-state index contributed by atoms with van der Waals surface area (Å²) in [6.07, 6.45) is 9.85. The molecule has 0 rings (SSSR count). The van der Waals surface area contributed by atoms with Gasteiger partial charge < -0.3 is 14.2 Å². The molecule has 116 valence electrons. The third kappa shape index (κ3) is 9.42. The zero-order valence-electron chi connectivity index (χ0n) is 13.5. The lowest BCUT2D eigenvalue weighted by molar-refractivity contribution is -0.380. The minimum absolute atomic E-state index is 0.622. The van der Waals surface area contributed by atoms with Crippen LogP contribution in [-0.4, -0.2) is 25.8 Å². The first-order valence-electron chi connectivity index (χ1n) is 8.16. The van der Waals surface area contributed by atoms with Gasteiger partial charge in [0.25, 0.3) is 5.97 Å². The Morgan fingerprint density at radius 2 is 1.00 bits per heavy atom. The second-order valence-electron chi connectivity index (χ2n) is 4.85. The summed E-state index contributed by atoms with van der Waals surface area (Å²) in [5.41, 5.74) is 0. The van der Waals surface area contributed by atoms with E-state index in [9.17, 15) is 0 Å². The van der Waals surface area contributed by atoms with Crippen LogP contribution in [0, 0.1) is 0 Å². The summed E-state index contributed by atoms with van der Waals surface area (Å²) in [6.45, 7) is 10.1. The molecule has 0 aromatic carbocycles. The highest BCUT2D eigenvalue weighted by Crippen LogP contribution is 2.24. The van der Waals surface area contributed by atoms with E-state index in [1.807, 2.05) is 20.8 Å². The average Bonchev–Trinajstić information content (AvgIpc) is 2.39. The van der Waals surface area contributed by atoms with Crippen molar-refractivity contribution in [3.63, 3.8) is 0 Å². The zero-order chi connectivity index (χ0) is 14.4. The Morgan fingerprint density at radius 1 is 0.579 bits per heavy atom. The molecule has 3 nitrogen and oxygen atoms in total. The van der Waals surface area contributed by atoms with Crippen LogP contribution in [0.25, 0.3) is 0 Å². The Kier molecular flexibility index (Phi) is 12.8. The van der Waals surface area contributed by atoms with Gasteiger partial charge in [0.05, 0.1) is 0 Å². The van der Waals surface area contributed by atoms with Crippen molar-refractivity contribution in [2.75, 3.05) is 19.8 Å². The van der Waals surface area contributed by atoms with Crippen LogP contribution in [0.15, 0.2) is 0 Å². The van der Waals surface area contributed by atoms with Crippen molar-refractivity contribution >= 4 is 0 Å². The highest BCUT2D eigenvalue weighted by molar-refractivity contribution is 4.59. The van der Waals surface area contributed by atoms with Crippen LogP contribution >= 0.6 is 0 Å². The Balaban J connectivity index is 3.89. The number of hydrogen-bond donors (Lipinski definition) is 0. The molecule has 0 aliphatic carbocycles. The Morgan fingerprint density at radius 3 is 1.42 bits per heavy atom. The van der Waals surface area contributed by atoms with Gasteiger partial charge in [-0.15, -0.1) is 0 Å². The maximum absolute atomic E-state index is 5.71. The predicted molar refractivity (Wildman–Crippen MR) is 80.2 cm³/mol. The van der Waals surface area contributed by atoms with Gasteiger partial charge in [-0.3, -0.25) is 0 Å². The van der Waals surface area contributed by atoms with E-state index in [2.05, 4.69) is 6.92 Å². The van der Waals surface area contributed by atoms with Crippen LogP contribution in [0.4, 0.5) is 0 Å². The molecule has 0 heterocycles. The maximum atomic E-state index is 5.71. The lowest BCUT2D eigenvalue weighted by Gasteiger charge is -2.32. The number of rotatable bonds is 14. The summed E-state index contributed by atoms with van der Waals surface area (Å²) >= 11 is 0. The molecule has 3 heteroatoms. The second kappa shape index (κ2) is 12.9. The molecule has 0 N–H and O–H groups in total. The molecule has 0 spiro atoms. The largest absolute Gasteiger partial charge is 0.328 e. The third-order valence-corrected chi connectivity index (χ3v) is 3.18. The fourth-order valence-electron chi connectivity index (χ4n) is 2.30. The molecule has 0 saturated heterocycles. The van der Waals surface area contributed by atoms with Crippen molar-refractivity contribution in [1.29, 1.82) is 0 Å². The average molecular weight is 274 g/mol. The smallest absolute Gasteiger partial charge is 0.282 e. The van der Waals surface area contributed by atoms with E-state index in [0.717, 1.165) is 12.8 Å². The SMILES string of the molecule is CCCCCCCCCC(OCC)(OCC)OCC. The van der Waals surface area contributed by atoms with Gasteiger partial charge in [-0.05, 0) is 27.2 Å². The molecule has 0 aromatic rings. The van der Waals surface area contributed by atoms with Gasteiger partial charge in [-0.1, -0.05) is 45.4 Å². The van der Waals surface area contributed by atoms with Gasteiger partial charge in [0.2, 0.25) is 0 Å². The predicted octanol–water partition coefficient (Wildman–Crippen LogP) is 4.89. The van der Waals surface area contributed by atoms with E-state index >= 15 is 0 Å². The van der Waals surface area contributed by atoms with E-state index in [0.29, 0.717) is 19.8 Å². The maximum Gasteiger partial charge on any atom is 0.282 e. The molecule has 0 atom stereocenters. The molecule has 0 bridgehead atoms. The van der Waals surface area contributed by atoms with Crippen molar-refractivity contribution in [1.82, 2.24) is 0 Å². The summed E-state index contributed by atoms with van der Waals surface area (Å²) in [5, 5.41) is 0. The van der Waals surface area contributed by atoms with E-state index in [1.165, 1.54) is 38.5 Å². The molecule has 0 amide bonds. The highest BCUT2D eigenvalue weighted by atomic mass is 16.9. The van der Waals surface area contributed by atoms with Crippen molar-refractivity contribution in [3.8, 4) is 0 Å². The van der Waals surface area contributed by atoms with Crippen molar-refractivity contribution in [2.24, 2.45) is 0 Å². The fraction of sp³-hybridized carbons (Fsp3) is 1.00. The van der Waals surface area contributed by atoms with E-state index < -0.39 is 5.97 Å². The van der Waals surface area contributed by atoms with E-state index in [1.54, 1.807) is 0 Å². The Bertz CT molecular complexity index is 166. The standard InChI is InChI=1S/C16H34O3/c1-5-9-10-11-12-13-14-15-16(17-6-2,18-7-3)19-8-4/h5-15H2,1-4H3. The molecule has 0 aliphatic rings. The summed E-state index contributed by atoms with van der Waals surface area (Å²) in [7, 11) is 0. The number of unbranched alkanes of at least 4 members (excludes halogenated alkanes) is 6. The van der Waals surface area contributed by atoms with Crippen LogP contribution in [-0.2, 0) is 14.2 Å². The number of ether oxygens (including phenoxy) is 3. The quantitative estimate of drug-likeness (QED) is 0.333. The first-order chi connectivity index (χ1) is 9.24. The normalized spacial score (nSPS) is 12.0. The minimum atomic E-state index is -0.804. The molecular formula is C16H34O3. The third-order valence-electron chi connectivity index (χ3n) is 3.18. The number of hydrogen-bond acceptors (Lipinski definition) is 3. The van der Waals surface area contributed by atoms with Gasteiger partial charge in [-0.2, -0.15) is 0 Å². The molecule has 0 saturated carbocycles. The van der Waals surface area contributed by atoms with Crippen molar-refractivity contribution in [3.05, 3.63) is 0 Å². The molecular weight excluding hydrogens is 240 g/mol. The van der Waals surface area contributed by atoms with Crippen LogP contribution in [0.1, 0.15) is 79.1 Å². The first kappa shape index (κ1) is 18.9. The summed E-state index contributed by atoms with van der Waals surface area (Å²) in [4.78, 5) is 0. The molecule has 19 heavy (non-hydrogen) atoms. The molecule has 0 aromatic heterocycles. The topological polar surface area (TPSA) is 27.7 Å². The summed E-state index contributed by atoms with van der Waals surface area (Å²) < 4.78 is 17.1. The fourth-order valence-corrected chi connectivity index (χ4v) is 2.30. The first-order valence-corrected chi connectivity index (χ1v) is 8.16. The van der Waals surface area contributed by atoms with Crippen molar-refractivity contribution in [2.45, 2.75) is 85.0 Å².